The molecule has 9 nitrogen and oxygen atoms in total. The van der Waals surface area contributed by atoms with Crippen LogP contribution in [-0.2, 0) is 4.74 Å². The number of H-pyrrole nitrogens is 1. The van der Waals surface area contributed by atoms with Gasteiger partial charge in [0.2, 0.25) is 5.75 Å². The van der Waals surface area contributed by atoms with Crippen molar-refractivity contribution >= 4 is 0 Å². The molecule has 0 spiro atoms. The molecule has 1 aliphatic rings. The molecule has 4 N–H and O–H groups in total. The number of aliphatic hydroxyl groups excluding tert-OH is 2. The van der Waals surface area contributed by atoms with Crippen molar-refractivity contribution in [3.63, 3.8) is 0 Å². The first-order valence-corrected chi connectivity index (χ1v) is 5.93. The lowest BCUT2D eigenvalue weighted by atomic mass is 9.93. The fourth-order valence-corrected chi connectivity index (χ4v) is 2.13. The largest absolute Gasteiger partial charge is 0.490 e. The molecule has 1 aromatic rings. The van der Waals surface area contributed by atoms with E-state index >= 15 is 0 Å². The number of ether oxygens (including phenoxy) is 2. The molecule has 1 saturated heterocycles. The monoisotopic (exact) mass is 298 g/mol. The molecule has 4 atom stereocenters. The Morgan fingerprint density at radius 2 is 2.29 bits per heavy atom. The molecule has 2 rings (SSSR count). The quantitative estimate of drug-likeness (QED) is 0.442. The highest BCUT2D eigenvalue weighted by Crippen LogP contribution is 2.36. The molecule has 114 valence electrons. The van der Waals surface area contributed by atoms with E-state index in [1.54, 1.807) is 0 Å². The first-order valence-electron chi connectivity index (χ1n) is 5.93. The van der Waals surface area contributed by atoms with Gasteiger partial charge < -0.3 is 24.8 Å². The van der Waals surface area contributed by atoms with Gasteiger partial charge in [-0.2, -0.15) is 0 Å². The minimum atomic E-state index is -2.16. The lowest BCUT2D eigenvalue weighted by Gasteiger charge is -2.24. The van der Waals surface area contributed by atoms with Gasteiger partial charge in [0.15, 0.2) is 11.8 Å². The number of nitrogens with one attached hydrogen (secondary N) is 1. The van der Waals surface area contributed by atoms with Crippen molar-refractivity contribution in [1.29, 1.82) is 0 Å². The Bertz CT molecular complexity index is 688. The SMILES string of the molecule is C#C[C@@]1(O)[C@@H](CO)O[C@@H](n2cc(OC)c(=O)[nH]c2=O)[C@@H]1O. The highest BCUT2D eigenvalue weighted by molar-refractivity contribution is 5.21. The standard InChI is InChI=1S/C12H14N2O7/c1-3-12(19)7(5-15)21-10(8(12)16)14-4-6(20-2)9(17)13-11(14)18/h1,4,7-8,10,15-16,19H,5H2,2H3,(H,13,17,18)/t7-,8+,10-,12-/m1/s1. The molecule has 9 heteroatoms. The summed E-state index contributed by atoms with van der Waals surface area (Å²) in [4.78, 5) is 25.2. The fourth-order valence-electron chi connectivity index (χ4n) is 2.13. The molecule has 0 aliphatic carbocycles. The molecular weight excluding hydrogens is 284 g/mol. The van der Waals surface area contributed by atoms with E-state index in [1.807, 2.05) is 10.9 Å². The van der Waals surface area contributed by atoms with Crippen molar-refractivity contribution in [3.8, 4) is 18.1 Å². The van der Waals surface area contributed by atoms with Gasteiger partial charge in [0, 0.05) is 0 Å². The Labute approximate surface area is 118 Å². The van der Waals surface area contributed by atoms with Crippen LogP contribution >= 0.6 is 0 Å². The van der Waals surface area contributed by atoms with Crippen LogP contribution in [0.5, 0.6) is 5.75 Å². The van der Waals surface area contributed by atoms with Crippen LogP contribution in [0, 0.1) is 12.3 Å². The molecular formula is C12H14N2O7. The zero-order valence-electron chi connectivity index (χ0n) is 11.0. The average molecular weight is 298 g/mol. The summed E-state index contributed by atoms with van der Waals surface area (Å²) in [7, 11) is 1.22. The molecule has 21 heavy (non-hydrogen) atoms. The van der Waals surface area contributed by atoms with Crippen molar-refractivity contribution in [3.05, 3.63) is 27.0 Å². The van der Waals surface area contributed by atoms with Gasteiger partial charge in [-0.05, 0) is 0 Å². The van der Waals surface area contributed by atoms with Gasteiger partial charge >= 0.3 is 5.69 Å². The van der Waals surface area contributed by atoms with Gasteiger partial charge in [0.25, 0.3) is 5.56 Å². The highest BCUT2D eigenvalue weighted by atomic mass is 16.6. The summed E-state index contributed by atoms with van der Waals surface area (Å²) in [5.41, 5.74) is -3.80. The Hall–Kier alpha value is -2.12. The zero-order valence-corrected chi connectivity index (χ0v) is 11.0. The van der Waals surface area contributed by atoms with Gasteiger partial charge in [0.05, 0.1) is 19.9 Å². The molecule has 0 saturated carbocycles. The normalized spacial score (nSPS) is 31.9. The number of methoxy groups -OCH3 is 1. The average Bonchev–Trinajstić information content (AvgIpc) is 2.72. The summed E-state index contributed by atoms with van der Waals surface area (Å²) in [6.07, 6.45) is 1.82. The summed E-state index contributed by atoms with van der Waals surface area (Å²) in [5, 5.41) is 29.4. The van der Waals surface area contributed by atoms with Gasteiger partial charge in [-0.3, -0.25) is 14.3 Å². The van der Waals surface area contributed by atoms with Gasteiger partial charge in [-0.25, -0.2) is 4.79 Å². The summed E-state index contributed by atoms with van der Waals surface area (Å²) < 4.78 is 10.8. The minimum absolute atomic E-state index is 0.193. The van der Waals surface area contributed by atoms with E-state index in [1.165, 1.54) is 7.11 Å². The number of hydrogen-bond donors (Lipinski definition) is 4. The number of aromatic nitrogens is 2. The number of nitrogens with zero attached hydrogens (tertiary/aromatic N) is 1. The number of rotatable bonds is 3. The van der Waals surface area contributed by atoms with Gasteiger partial charge in [0.1, 0.15) is 12.2 Å². The fraction of sp³-hybridized carbons (Fsp3) is 0.500. The maximum absolute atomic E-state index is 11.8. The van der Waals surface area contributed by atoms with Crippen LogP contribution < -0.4 is 16.0 Å². The molecule has 0 radical (unpaired) electrons. The molecule has 0 amide bonds. The Kier molecular flexibility index (Phi) is 3.89. The van der Waals surface area contributed by atoms with Crippen molar-refractivity contribution in [2.75, 3.05) is 13.7 Å². The lowest BCUT2D eigenvalue weighted by Crippen LogP contribution is -2.48. The summed E-state index contributed by atoms with van der Waals surface area (Å²) >= 11 is 0. The number of hydrogen-bond acceptors (Lipinski definition) is 7. The van der Waals surface area contributed by atoms with E-state index in [-0.39, 0.29) is 5.75 Å². The van der Waals surface area contributed by atoms with Crippen LogP contribution in [-0.4, -0.2) is 56.4 Å². The Morgan fingerprint density at radius 1 is 1.62 bits per heavy atom. The third-order valence-electron chi connectivity index (χ3n) is 3.34. The van der Waals surface area contributed by atoms with E-state index in [2.05, 4.69) is 0 Å². The van der Waals surface area contributed by atoms with Crippen LogP contribution in [0.4, 0.5) is 0 Å². The number of aliphatic hydroxyl groups is 3. The second kappa shape index (κ2) is 5.34. The number of terminal acetylenes is 1. The summed E-state index contributed by atoms with van der Waals surface area (Å²) in [6, 6.07) is 0. The molecule has 1 aliphatic heterocycles. The van der Waals surface area contributed by atoms with Crippen molar-refractivity contribution in [2.45, 2.75) is 24.0 Å². The maximum atomic E-state index is 11.8. The first-order chi connectivity index (χ1) is 9.88. The van der Waals surface area contributed by atoms with Crippen LogP contribution in [0.25, 0.3) is 0 Å². The molecule has 0 aromatic carbocycles. The number of aromatic amines is 1. The molecule has 1 aromatic heterocycles. The Balaban J connectivity index is 2.52. The van der Waals surface area contributed by atoms with E-state index in [0.717, 1.165) is 10.8 Å². The third-order valence-corrected chi connectivity index (χ3v) is 3.34. The minimum Gasteiger partial charge on any atom is -0.490 e. The molecule has 0 unspecified atom stereocenters. The smallest absolute Gasteiger partial charge is 0.330 e. The van der Waals surface area contributed by atoms with Crippen molar-refractivity contribution in [2.24, 2.45) is 0 Å². The van der Waals surface area contributed by atoms with Gasteiger partial charge in [-0.1, -0.05) is 5.92 Å². The predicted molar refractivity (Wildman–Crippen MR) is 68.7 cm³/mol. The second-order valence-corrected chi connectivity index (χ2v) is 4.48. The topological polar surface area (TPSA) is 134 Å². The lowest BCUT2D eigenvalue weighted by molar-refractivity contribution is -0.0625. The summed E-state index contributed by atoms with van der Waals surface area (Å²) in [5.74, 6) is 1.76. The Morgan fingerprint density at radius 3 is 2.76 bits per heavy atom. The predicted octanol–water partition coefficient (Wildman–Crippen LogP) is -2.84. The summed E-state index contributed by atoms with van der Waals surface area (Å²) in [6.45, 7) is -0.663. The van der Waals surface area contributed by atoms with E-state index in [0.29, 0.717) is 0 Å². The highest BCUT2D eigenvalue weighted by Gasteiger charge is 2.55. The van der Waals surface area contributed by atoms with Crippen molar-refractivity contribution < 1.29 is 24.8 Å². The zero-order chi connectivity index (χ0) is 15.8. The third kappa shape index (κ3) is 2.24. The molecule has 2 heterocycles. The van der Waals surface area contributed by atoms with Gasteiger partial charge in [-0.15, -0.1) is 6.42 Å². The molecule has 1 fully saturated rings. The van der Waals surface area contributed by atoms with E-state index in [9.17, 15) is 19.8 Å². The van der Waals surface area contributed by atoms with Crippen LogP contribution in [0.1, 0.15) is 6.23 Å². The van der Waals surface area contributed by atoms with Crippen molar-refractivity contribution in [1.82, 2.24) is 9.55 Å². The maximum Gasteiger partial charge on any atom is 0.330 e. The second-order valence-electron chi connectivity index (χ2n) is 4.48. The van der Waals surface area contributed by atoms with Crippen LogP contribution in [0.3, 0.4) is 0 Å². The first kappa shape index (κ1) is 15.3. The molecule has 0 bridgehead atoms. The van der Waals surface area contributed by atoms with E-state index in [4.69, 9.17) is 21.0 Å². The van der Waals surface area contributed by atoms with E-state index < -0.39 is 41.9 Å². The van der Waals surface area contributed by atoms with Crippen LogP contribution in [0.15, 0.2) is 15.8 Å². The van der Waals surface area contributed by atoms with Crippen LogP contribution in [0.2, 0.25) is 0 Å².